The van der Waals surface area contributed by atoms with Gasteiger partial charge in [-0.2, -0.15) is 0 Å². The molecule has 0 aromatic heterocycles. The molecule has 1 aliphatic heterocycles. The summed E-state index contributed by atoms with van der Waals surface area (Å²) in [6.07, 6.45) is 2.43. The summed E-state index contributed by atoms with van der Waals surface area (Å²) in [6.45, 7) is 5.95. The third kappa shape index (κ3) is 4.75. The molecule has 1 fully saturated rings. The number of nitrogens with one attached hydrogen (secondary N) is 1. The fourth-order valence-electron chi connectivity index (χ4n) is 2.94. The summed E-state index contributed by atoms with van der Waals surface area (Å²) in [4.78, 5) is 25.9. The molecule has 1 aromatic rings. The van der Waals surface area contributed by atoms with Crippen molar-refractivity contribution in [3.8, 4) is 0 Å². The van der Waals surface area contributed by atoms with Gasteiger partial charge in [0.1, 0.15) is 0 Å². The number of nitrogens with zero attached hydrogens (tertiary/aromatic N) is 1. The lowest BCUT2D eigenvalue weighted by molar-refractivity contribution is -0.133. The van der Waals surface area contributed by atoms with Crippen LogP contribution in [-0.2, 0) is 15.1 Å². The fraction of sp³-hybridized carbons (Fsp3) is 0.444. The van der Waals surface area contributed by atoms with Crippen LogP contribution in [0, 0.1) is 5.92 Å². The number of carbonyl (C=O) groups excluding carboxylic acids is 2. The lowest BCUT2D eigenvalue weighted by atomic mass is 9.90. The standard InChI is InChI=1S/C18H22Cl2N2O3/c1-3-16(24)22-6-4-12(5-7-22)17(25)21-18(2,11-23)13-8-14(19)10-15(20)9-13/h3,8-10,12,23H,1,4-7,11H2,2H3,(H,21,25). The van der Waals surface area contributed by atoms with Gasteiger partial charge in [0.05, 0.1) is 12.1 Å². The van der Waals surface area contributed by atoms with E-state index in [1.54, 1.807) is 30.0 Å². The highest BCUT2D eigenvalue weighted by Gasteiger charge is 2.33. The lowest BCUT2D eigenvalue weighted by Crippen LogP contribution is -2.50. The molecule has 1 aromatic carbocycles. The molecule has 0 radical (unpaired) electrons. The largest absolute Gasteiger partial charge is 0.394 e. The summed E-state index contributed by atoms with van der Waals surface area (Å²) in [5.41, 5.74) is -0.347. The highest BCUT2D eigenvalue weighted by atomic mass is 35.5. The Hall–Kier alpha value is -1.56. The third-order valence-corrected chi connectivity index (χ3v) is 5.00. The summed E-state index contributed by atoms with van der Waals surface area (Å²) in [5, 5.41) is 13.6. The van der Waals surface area contributed by atoms with Crippen molar-refractivity contribution >= 4 is 35.0 Å². The van der Waals surface area contributed by atoms with Gasteiger partial charge in [0, 0.05) is 29.1 Å². The Kier molecular flexibility index (Phi) is 6.49. The SMILES string of the molecule is C=CC(=O)N1CCC(C(=O)NC(C)(CO)c2cc(Cl)cc(Cl)c2)CC1. The molecule has 1 saturated heterocycles. The fourth-order valence-corrected chi connectivity index (χ4v) is 3.47. The summed E-state index contributed by atoms with van der Waals surface area (Å²) in [7, 11) is 0. The zero-order valence-electron chi connectivity index (χ0n) is 14.1. The Balaban J connectivity index is 2.07. The topological polar surface area (TPSA) is 69.6 Å². The average Bonchev–Trinajstić information content (AvgIpc) is 2.60. The number of halogens is 2. The van der Waals surface area contributed by atoms with Gasteiger partial charge in [-0.1, -0.05) is 29.8 Å². The van der Waals surface area contributed by atoms with Gasteiger partial charge in [-0.3, -0.25) is 9.59 Å². The van der Waals surface area contributed by atoms with Gasteiger partial charge in [0.15, 0.2) is 0 Å². The lowest BCUT2D eigenvalue weighted by Gasteiger charge is -2.35. The molecular formula is C18H22Cl2N2O3. The van der Waals surface area contributed by atoms with E-state index in [2.05, 4.69) is 11.9 Å². The maximum absolute atomic E-state index is 12.7. The molecule has 0 saturated carbocycles. The molecule has 1 unspecified atom stereocenters. The molecule has 5 nitrogen and oxygen atoms in total. The molecule has 25 heavy (non-hydrogen) atoms. The zero-order chi connectivity index (χ0) is 18.6. The monoisotopic (exact) mass is 384 g/mol. The molecule has 0 spiro atoms. The number of aliphatic hydroxyl groups is 1. The second-order valence-corrected chi connectivity index (χ2v) is 7.31. The molecule has 7 heteroatoms. The molecule has 0 bridgehead atoms. The highest BCUT2D eigenvalue weighted by molar-refractivity contribution is 6.34. The normalized spacial score (nSPS) is 17.7. The van der Waals surface area contributed by atoms with E-state index >= 15 is 0 Å². The van der Waals surface area contributed by atoms with Crippen molar-refractivity contribution in [2.45, 2.75) is 25.3 Å². The van der Waals surface area contributed by atoms with Crippen LogP contribution in [0.1, 0.15) is 25.3 Å². The van der Waals surface area contributed by atoms with E-state index in [1.807, 2.05) is 0 Å². The Bertz CT molecular complexity index is 652. The summed E-state index contributed by atoms with van der Waals surface area (Å²) < 4.78 is 0. The molecule has 2 rings (SSSR count). The average molecular weight is 385 g/mol. The number of amides is 2. The van der Waals surface area contributed by atoms with Gasteiger partial charge in [0.25, 0.3) is 0 Å². The second kappa shape index (κ2) is 8.21. The van der Waals surface area contributed by atoms with Crippen LogP contribution >= 0.6 is 23.2 Å². The van der Waals surface area contributed by atoms with Gasteiger partial charge >= 0.3 is 0 Å². The first-order valence-electron chi connectivity index (χ1n) is 8.10. The van der Waals surface area contributed by atoms with E-state index in [4.69, 9.17) is 23.2 Å². The van der Waals surface area contributed by atoms with Gasteiger partial charge in [-0.25, -0.2) is 0 Å². The van der Waals surface area contributed by atoms with Crippen LogP contribution in [0.5, 0.6) is 0 Å². The number of hydrogen-bond donors (Lipinski definition) is 2. The number of aliphatic hydroxyl groups excluding tert-OH is 1. The molecule has 1 aliphatic rings. The molecule has 2 amide bonds. The van der Waals surface area contributed by atoms with Crippen molar-refractivity contribution < 1.29 is 14.7 Å². The molecule has 2 N–H and O–H groups in total. The Labute approximate surface area is 157 Å². The summed E-state index contributed by atoms with van der Waals surface area (Å²) in [6, 6.07) is 4.95. The van der Waals surface area contributed by atoms with Gasteiger partial charge in [-0.15, -0.1) is 0 Å². The maximum Gasteiger partial charge on any atom is 0.245 e. The van der Waals surface area contributed by atoms with Crippen LogP contribution in [0.2, 0.25) is 10.0 Å². The van der Waals surface area contributed by atoms with Crippen LogP contribution in [0.15, 0.2) is 30.9 Å². The van der Waals surface area contributed by atoms with Crippen molar-refractivity contribution in [3.63, 3.8) is 0 Å². The van der Waals surface area contributed by atoms with E-state index in [-0.39, 0.29) is 24.3 Å². The van der Waals surface area contributed by atoms with E-state index < -0.39 is 5.54 Å². The number of rotatable bonds is 5. The van der Waals surface area contributed by atoms with Gasteiger partial charge in [0.2, 0.25) is 11.8 Å². The van der Waals surface area contributed by atoms with E-state index in [1.165, 1.54) is 6.08 Å². The van der Waals surface area contributed by atoms with Crippen molar-refractivity contribution in [1.29, 1.82) is 0 Å². The molecular weight excluding hydrogens is 363 g/mol. The van der Waals surface area contributed by atoms with Crippen LogP contribution in [0.3, 0.4) is 0 Å². The van der Waals surface area contributed by atoms with Crippen LogP contribution in [-0.4, -0.2) is 41.5 Å². The number of carbonyl (C=O) groups is 2. The first-order valence-corrected chi connectivity index (χ1v) is 8.85. The molecule has 136 valence electrons. The summed E-state index contributed by atoms with van der Waals surface area (Å²) >= 11 is 12.1. The van der Waals surface area contributed by atoms with Crippen molar-refractivity contribution in [2.75, 3.05) is 19.7 Å². The Morgan fingerprint density at radius 1 is 1.32 bits per heavy atom. The predicted molar refractivity (Wildman–Crippen MR) is 98.5 cm³/mol. The number of likely N-dealkylation sites (tertiary alicyclic amines) is 1. The minimum atomic E-state index is -0.986. The molecule has 1 heterocycles. The number of benzene rings is 1. The van der Waals surface area contributed by atoms with E-state index in [0.717, 1.165) is 0 Å². The first-order chi connectivity index (χ1) is 11.8. The maximum atomic E-state index is 12.7. The van der Waals surface area contributed by atoms with Crippen molar-refractivity contribution in [3.05, 3.63) is 46.5 Å². The van der Waals surface area contributed by atoms with E-state index in [9.17, 15) is 14.7 Å². The Morgan fingerprint density at radius 2 is 1.88 bits per heavy atom. The molecule has 0 aliphatic carbocycles. The number of piperidine rings is 1. The van der Waals surface area contributed by atoms with Crippen LogP contribution < -0.4 is 5.32 Å². The predicted octanol–water partition coefficient (Wildman–Crippen LogP) is 2.74. The minimum Gasteiger partial charge on any atom is -0.394 e. The van der Waals surface area contributed by atoms with Crippen molar-refractivity contribution in [2.24, 2.45) is 5.92 Å². The van der Waals surface area contributed by atoms with Gasteiger partial charge in [-0.05, 0) is 49.6 Å². The van der Waals surface area contributed by atoms with Crippen LogP contribution in [0.25, 0.3) is 0 Å². The third-order valence-electron chi connectivity index (χ3n) is 4.57. The zero-order valence-corrected chi connectivity index (χ0v) is 15.6. The second-order valence-electron chi connectivity index (χ2n) is 6.44. The first kappa shape index (κ1) is 19.8. The smallest absolute Gasteiger partial charge is 0.245 e. The quantitative estimate of drug-likeness (QED) is 0.766. The van der Waals surface area contributed by atoms with Crippen LogP contribution in [0.4, 0.5) is 0 Å². The van der Waals surface area contributed by atoms with Crippen molar-refractivity contribution in [1.82, 2.24) is 10.2 Å². The van der Waals surface area contributed by atoms with Gasteiger partial charge < -0.3 is 15.3 Å². The summed E-state index contributed by atoms with van der Waals surface area (Å²) in [5.74, 6) is -0.486. The highest BCUT2D eigenvalue weighted by Crippen LogP contribution is 2.28. The Morgan fingerprint density at radius 3 is 2.36 bits per heavy atom. The van der Waals surface area contributed by atoms with E-state index in [0.29, 0.717) is 41.5 Å². The molecule has 1 atom stereocenters. The number of hydrogen-bond acceptors (Lipinski definition) is 3. The minimum absolute atomic E-state index is 0.118.